The van der Waals surface area contributed by atoms with Crippen molar-refractivity contribution in [3.63, 3.8) is 0 Å². The summed E-state index contributed by atoms with van der Waals surface area (Å²) in [5.41, 5.74) is 3.88. The lowest BCUT2D eigenvalue weighted by Gasteiger charge is -2.16. The highest BCUT2D eigenvalue weighted by atomic mass is 16.5. The zero-order valence-corrected chi connectivity index (χ0v) is 13.4. The molecule has 0 heterocycles. The van der Waals surface area contributed by atoms with Gasteiger partial charge in [-0.25, -0.2) is 0 Å². The summed E-state index contributed by atoms with van der Waals surface area (Å²) in [5, 5.41) is 3.56. The molecule has 0 saturated carbocycles. The third kappa shape index (κ3) is 4.08. The van der Waals surface area contributed by atoms with E-state index in [2.05, 4.69) is 56.4 Å². The van der Waals surface area contributed by atoms with E-state index < -0.39 is 0 Å². The summed E-state index contributed by atoms with van der Waals surface area (Å²) >= 11 is 0. The second-order valence-corrected chi connectivity index (χ2v) is 5.74. The SMILES string of the molecule is COc1ccccc1CNC(C)c1ccc(C(C)C)cc1. The maximum Gasteiger partial charge on any atom is 0.123 e. The van der Waals surface area contributed by atoms with Gasteiger partial charge in [0.05, 0.1) is 7.11 Å². The average molecular weight is 283 g/mol. The first-order chi connectivity index (χ1) is 10.1. The van der Waals surface area contributed by atoms with Crippen molar-refractivity contribution in [2.24, 2.45) is 0 Å². The Kier molecular flexibility index (Phi) is 5.40. The van der Waals surface area contributed by atoms with Crippen molar-refractivity contribution in [3.05, 3.63) is 65.2 Å². The monoisotopic (exact) mass is 283 g/mol. The summed E-state index contributed by atoms with van der Waals surface area (Å²) in [7, 11) is 1.72. The Labute approximate surface area is 128 Å². The smallest absolute Gasteiger partial charge is 0.123 e. The van der Waals surface area contributed by atoms with Gasteiger partial charge in [0.15, 0.2) is 0 Å². The van der Waals surface area contributed by atoms with Crippen LogP contribution in [0.2, 0.25) is 0 Å². The molecule has 0 amide bonds. The summed E-state index contributed by atoms with van der Waals surface area (Å²) in [5.74, 6) is 1.52. The normalized spacial score (nSPS) is 12.4. The topological polar surface area (TPSA) is 21.3 Å². The number of ether oxygens (including phenoxy) is 1. The minimum absolute atomic E-state index is 0.316. The van der Waals surface area contributed by atoms with Crippen molar-refractivity contribution in [3.8, 4) is 5.75 Å². The number of nitrogens with one attached hydrogen (secondary N) is 1. The summed E-state index contributed by atoms with van der Waals surface area (Å²) in [4.78, 5) is 0. The van der Waals surface area contributed by atoms with Gasteiger partial charge in [-0.05, 0) is 30.0 Å². The maximum absolute atomic E-state index is 5.39. The fourth-order valence-corrected chi connectivity index (χ4v) is 2.40. The van der Waals surface area contributed by atoms with Gasteiger partial charge in [0.2, 0.25) is 0 Å². The van der Waals surface area contributed by atoms with Crippen LogP contribution in [-0.4, -0.2) is 7.11 Å². The Morgan fingerprint density at radius 1 is 0.905 bits per heavy atom. The molecular weight excluding hydrogens is 258 g/mol. The van der Waals surface area contributed by atoms with Gasteiger partial charge in [0.1, 0.15) is 5.75 Å². The zero-order chi connectivity index (χ0) is 15.2. The molecule has 2 heteroatoms. The number of benzene rings is 2. The molecule has 2 rings (SSSR count). The molecule has 2 nitrogen and oxygen atoms in total. The van der Waals surface area contributed by atoms with Gasteiger partial charge in [0.25, 0.3) is 0 Å². The van der Waals surface area contributed by atoms with E-state index in [9.17, 15) is 0 Å². The van der Waals surface area contributed by atoms with Crippen molar-refractivity contribution in [2.45, 2.75) is 39.3 Å². The van der Waals surface area contributed by atoms with Crippen LogP contribution in [0.25, 0.3) is 0 Å². The molecule has 0 saturated heterocycles. The Balaban J connectivity index is 1.99. The first kappa shape index (κ1) is 15.6. The Hall–Kier alpha value is -1.80. The lowest BCUT2D eigenvalue weighted by molar-refractivity contribution is 0.406. The molecule has 0 radical (unpaired) electrons. The lowest BCUT2D eigenvalue weighted by atomic mass is 9.99. The van der Waals surface area contributed by atoms with Crippen molar-refractivity contribution in [1.82, 2.24) is 5.32 Å². The van der Waals surface area contributed by atoms with Gasteiger partial charge in [0, 0.05) is 18.2 Å². The molecule has 0 bridgehead atoms. The van der Waals surface area contributed by atoms with Gasteiger partial charge >= 0.3 is 0 Å². The van der Waals surface area contributed by atoms with E-state index in [0.717, 1.165) is 12.3 Å². The van der Waals surface area contributed by atoms with Crippen LogP contribution in [0.1, 0.15) is 49.4 Å². The predicted octanol–water partition coefficient (Wildman–Crippen LogP) is 4.67. The molecule has 0 fully saturated rings. The average Bonchev–Trinajstić information content (AvgIpc) is 2.52. The molecule has 0 aromatic heterocycles. The van der Waals surface area contributed by atoms with Crippen LogP contribution >= 0.6 is 0 Å². The van der Waals surface area contributed by atoms with Gasteiger partial charge < -0.3 is 10.1 Å². The largest absolute Gasteiger partial charge is 0.496 e. The highest BCUT2D eigenvalue weighted by Gasteiger charge is 2.08. The van der Waals surface area contributed by atoms with E-state index in [1.54, 1.807) is 7.11 Å². The second-order valence-electron chi connectivity index (χ2n) is 5.74. The second kappa shape index (κ2) is 7.28. The molecule has 2 aromatic rings. The molecule has 1 unspecified atom stereocenters. The molecule has 1 atom stereocenters. The molecule has 2 aromatic carbocycles. The summed E-state index contributed by atoms with van der Waals surface area (Å²) in [6.45, 7) is 7.44. The molecule has 0 aliphatic carbocycles. The van der Waals surface area contributed by atoms with Gasteiger partial charge in [-0.3, -0.25) is 0 Å². The quantitative estimate of drug-likeness (QED) is 0.832. The molecule has 1 N–H and O–H groups in total. The van der Waals surface area contributed by atoms with E-state index >= 15 is 0 Å². The van der Waals surface area contributed by atoms with E-state index in [-0.39, 0.29) is 0 Å². The summed E-state index contributed by atoms with van der Waals surface area (Å²) in [6.07, 6.45) is 0. The van der Waals surface area contributed by atoms with Gasteiger partial charge in [-0.15, -0.1) is 0 Å². The Bertz CT molecular complexity index is 560. The fraction of sp³-hybridized carbons (Fsp3) is 0.368. The first-order valence-corrected chi connectivity index (χ1v) is 7.57. The summed E-state index contributed by atoms with van der Waals surface area (Å²) in [6, 6.07) is 17.3. The van der Waals surface area contributed by atoms with Crippen molar-refractivity contribution in [1.29, 1.82) is 0 Å². The molecule has 0 spiro atoms. The standard InChI is InChI=1S/C19H25NO/c1-14(2)16-9-11-17(12-10-16)15(3)20-13-18-7-5-6-8-19(18)21-4/h5-12,14-15,20H,13H2,1-4H3. The molecule has 0 aliphatic rings. The van der Waals surface area contributed by atoms with Crippen LogP contribution in [-0.2, 0) is 6.54 Å². The van der Waals surface area contributed by atoms with Gasteiger partial charge in [-0.2, -0.15) is 0 Å². The van der Waals surface area contributed by atoms with Crippen LogP contribution in [0.5, 0.6) is 5.75 Å². The van der Waals surface area contributed by atoms with Crippen LogP contribution in [0.3, 0.4) is 0 Å². The van der Waals surface area contributed by atoms with Gasteiger partial charge in [-0.1, -0.05) is 56.3 Å². The van der Waals surface area contributed by atoms with E-state index in [0.29, 0.717) is 12.0 Å². The third-order valence-electron chi connectivity index (χ3n) is 3.89. The fourth-order valence-electron chi connectivity index (χ4n) is 2.40. The Morgan fingerprint density at radius 3 is 2.14 bits per heavy atom. The minimum atomic E-state index is 0.316. The van der Waals surface area contributed by atoms with E-state index in [1.807, 2.05) is 18.2 Å². The zero-order valence-electron chi connectivity index (χ0n) is 13.4. The number of hydrogen-bond donors (Lipinski definition) is 1. The molecule has 21 heavy (non-hydrogen) atoms. The predicted molar refractivity (Wildman–Crippen MR) is 88.8 cm³/mol. The molecule has 0 aliphatic heterocycles. The first-order valence-electron chi connectivity index (χ1n) is 7.57. The lowest BCUT2D eigenvalue weighted by Crippen LogP contribution is -2.18. The van der Waals surface area contributed by atoms with E-state index in [1.165, 1.54) is 16.7 Å². The number of rotatable bonds is 6. The third-order valence-corrected chi connectivity index (χ3v) is 3.89. The number of hydrogen-bond acceptors (Lipinski definition) is 2. The van der Waals surface area contributed by atoms with Crippen LogP contribution in [0.15, 0.2) is 48.5 Å². The highest BCUT2D eigenvalue weighted by molar-refractivity contribution is 5.33. The maximum atomic E-state index is 5.39. The Morgan fingerprint density at radius 2 is 1.52 bits per heavy atom. The molecular formula is C19H25NO. The number of para-hydroxylation sites is 1. The minimum Gasteiger partial charge on any atom is -0.496 e. The van der Waals surface area contributed by atoms with Crippen molar-refractivity contribution < 1.29 is 4.74 Å². The van der Waals surface area contributed by atoms with Crippen LogP contribution in [0.4, 0.5) is 0 Å². The van der Waals surface area contributed by atoms with E-state index in [4.69, 9.17) is 4.74 Å². The van der Waals surface area contributed by atoms with Crippen LogP contribution in [0, 0.1) is 0 Å². The molecule has 112 valence electrons. The van der Waals surface area contributed by atoms with Crippen molar-refractivity contribution >= 4 is 0 Å². The van der Waals surface area contributed by atoms with Crippen LogP contribution < -0.4 is 10.1 Å². The van der Waals surface area contributed by atoms with Crippen molar-refractivity contribution in [2.75, 3.05) is 7.11 Å². The highest BCUT2D eigenvalue weighted by Crippen LogP contribution is 2.21. The number of methoxy groups -OCH3 is 1. The summed E-state index contributed by atoms with van der Waals surface area (Å²) < 4.78 is 5.39.